The van der Waals surface area contributed by atoms with Crippen LogP contribution < -0.4 is 10.6 Å². The number of rotatable bonds is 5. The number of hydrogen-bond acceptors (Lipinski definition) is 6. The van der Waals surface area contributed by atoms with E-state index in [2.05, 4.69) is 11.6 Å². The molecule has 1 N–H and O–H groups in total. The number of nitrogens with zero attached hydrogens (tertiary/aromatic N) is 5. The van der Waals surface area contributed by atoms with E-state index in [1.165, 1.54) is 28.8 Å². The van der Waals surface area contributed by atoms with Crippen molar-refractivity contribution in [2.24, 2.45) is 0 Å². The number of fused-ring (bicyclic) bond motifs is 1. The van der Waals surface area contributed by atoms with Crippen LogP contribution in [0.1, 0.15) is 37.7 Å². The third kappa shape index (κ3) is 4.64. The molecule has 1 aliphatic heterocycles. The van der Waals surface area contributed by atoms with E-state index < -0.39 is 11.5 Å². The van der Waals surface area contributed by atoms with E-state index >= 15 is 4.39 Å². The highest BCUT2D eigenvalue weighted by molar-refractivity contribution is 6.34. The summed E-state index contributed by atoms with van der Waals surface area (Å²) in [6, 6.07) is 13.1. The second-order valence-electron chi connectivity index (χ2n) is 10.6. The molecule has 0 radical (unpaired) electrons. The van der Waals surface area contributed by atoms with Gasteiger partial charge in [0.05, 0.1) is 27.4 Å². The van der Waals surface area contributed by atoms with E-state index in [-0.39, 0.29) is 39.6 Å². The smallest absolute Gasteiger partial charge is 0.355 e. The van der Waals surface area contributed by atoms with E-state index in [9.17, 15) is 14.7 Å². The Morgan fingerprint density at radius 1 is 1.15 bits per heavy atom. The zero-order valence-corrected chi connectivity index (χ0v) is 23.3. The Morgan fingerprint density at radius 2 is 1.93 bits per heavy atom. The van der Waals surface area contributed by atoms with Crippen LogP contribution in [0.2, 0.25) is 5.02 Å². The number of pyridine rings is 1. The molecule has 1 amide bonds. The molecule has 8 nitrogen and oxygen atoms in total. The molecule has 210 valence electrons. The number of carbonyl (C=O) groups excluding carboxylic acids is 1. The van der Waals surface area contributed by atoms with Gasteiger partial charge >= 0.3 is 5.69 Å². The van der Waals surface area contributed by atoms with E-state index in [4.69, 9.17) is 16.6 Å². The molecule has 1 saturated carbocycles. The SMILES string of the molecule is C=CC(=O)N1CCN(c2nc(=O)n(-c3ccccc3C3CCC3)c3nc(-c4c(O)cccc4F)c(Cl)cc23)[C@@H](C)C1. The fourth-order valence-electron chi connectivity index (χ4n) is 5.82. The Kier molecular flexibility index (Phi) is 6.99. The number of anilines is 1. The molecule has 4 aromatic rings. The number of aromatic hydroxyl groups is 1. The minimum atomic E-state index is -0.687. The summed E-state index contributed by atoms with van der Waals surface area (Å²) in [7, 11) is 0. The van der Waals surface area contributed by atoms with Crippen LogP contribution in [-0.2, 0) is 4.79 Å². The molecule has 10 heteroatoms. The van der Waals surface area contributed by atoms with Gasteiger partial charge in [-0.25, -0.2) is 18.7 Å². The van der Waals surface area contributed by atoms with Crippen LogP contribution in [-0.4, -0.2) is 56.1 Å². The van der Waals surface area contributed by atoms with Gasteiger partial charge in [-0.15, -0.1) is 0 Å². The molecule has 41 heavy (non-hydrogen) atoms. The summed E-state index contributed by atoms with van der Waals surface area (Å²) in [6.07, 6.45) is 4.46. The fraction of sp³-hybridized carbons (Fsp3) is 0.290. The number of benzene rings is 2. The van der Waals surface area contributed by atoms with Crippen LogP contribution in [0.15, 0.2) is 66.0 Å². The Hall–Kier alpha value is -4.24. The maximum atomic E-state index is 15.0. The molecule has 2 aliphatic rings. The fourth-order valence-corrected chi connectivity index (χ4v) is 6.07. The summed E-state index contributed by atoms with van der Waals surface area (Å²) in [5.41, 5.74) is 1.29. The summed E-state index contributed by atoms with van der Waals surface area (Å²) in [4.78, 5) is 39.2. The molecular formula is C31H29ClFN5O3. The highest BCUT2D eigenvalue weighted by Gasteiger charge is 2.31. The van der Waals surface area contributed by atoms with Gasteiger partial charge in [0.2, 0.25) is 5.91 Å². The molecule has 2 fully saturated rings. The first-order valence-corrected chi connectivity index (χ1v) is 14.0. The van der Waals surface area contributed by atoms with Crippen LogP contribution in [0.3, 0.4) is 0 Å². The number of para-hydroxylation sites is 1. The van der Waals surface area contributed by atoms with Gasteiger partial charge in [0.25, 0.3) is 0 Å². The lowest BCUT2D eigenvalue weighted by atomic mass is 9.79. The Bertz CT molecular complexity index is 1730. The number of piperazine rings is 1. The summed E-state index contributed by atoms with van der Waals surface area (Å²) in [5, 5.41) is 11.2. The highest BCUT2D eigenvalue weighted by Crippen LogP contribution is 2.41. The van der Waals surface area contributed by atoms with Gasteiger partial charge in [-0.1, -0.05) is 48.9 Å². The van der Waals surface area contributed by atoms with E-state index in [0.29, 0.717) is 42.4 Å². The van der Waals surface area contributed by atoms with Crippen molar-refractivity contribution in [2.45, 2.75) is 38.1 Å². The maximum Gasteiger partial charge on any atom is 0.355 e. The lowest BCUT2D eigenvalue weighted by molar-refractivity contribution is -0.126. The van der Waals surface area contributed by atoms with Gasteiger partial charge < -0.3 is 14.9 Å². The first-order chi connectivity index (χ1) is 19.8. The van der Waals surface area contributed by atoms with E-state index in [1.54, 1.807) is 11.0 Å². The molecule has 0 spiro atoms. The number of phenolic OH excluding ortho intramolecular Hbond substituents is 1. The maximum absolute atomic E-state index is 15.0. The zero-order chi connectivity index (χ0) is 28.8. The highest BCUT2D eigenvalue weighted by atomic mass is 35.5. The van der Waals surface area contributed by atoms with E-state index in [0.717, 1.165) is 24.8 Å². The largest absolute Gasteiger partial charge is 0.507 e. The number of phenols is 1. The predicted octanol–water partition coefficient (Wildman–Crippen LogP) is 5.44. The van der Waals surface area contributed by atoms with Crippen LogP contribution >= 0.6 is 11.6 Å². The van der Waals surface area contributed by atoms with Crippen LogP contribution in [0.25, 0.3) is 28.0 Å². The Morgan fingerprint density at radius 3 is 2.61 bits per heavy atom. The number of amides is 1. The lowest BCUT2D eigenvalue weighted by Gasteiger charge is -2.40. The van der Waals surface area contributed by atoms with Gasteiger partial charge in [-0.2, -0.15) is 4.98 Å². The minimum Gasteiger partial charge on any atom is -0.507 e. The predicted molar refractivity (Wildman–Crippen MR) is 157 cm³/mol. The Labute approximate surface area is 241 Å². The first kappa shape index (κ1) is 27.0. The normalized spacial score (nSPS) is 17.5. The van der Waals surface area contributed by atoms with Crippen molar-refractivity contribution in [1.82, 2.24) is 19.4 Å². The summed E-state index contributed by atoms with van der Waals surface area (Å²) < 4.78 is 16.5. The van der Waals surface area contributed by atoms with Gasteiger partial charge in [0, 0.05) is 25.7 Å². The first-order valence-electron chi connectivity index (χ1n) is 13.7. The molecule has 1 atom stereocenters. The third-order valence-corrected chi connectivity index (χ3v) is 8.43. The molecule has 0 unspecified atom stereocenters. The standard InChI is InChI=1S/C31H29ClFN5O3/c1-3-26(40)36-14-15-37(18(2)17-36)29-21-16-22(32)28(27-23(33)11-7-13-25(27)39)34-30(21)38(31(41)35-29)24-12-5-4-10-20(24)19-8-6-9-19/h3-5,7,10-13,16,18-19,39H,1,6,8-9,14-15,17H2,2H3/t18-/m0/s1. The van der Waals surface area contributed by atoms with Gasteiger partial charge in [-0.05, 0) is 61.6 Å². The Balaban J connectivity index is 1.61. The topological polar surface area (TPSA) is 91.6 Å². The molecular weight excluding hydrogens is 545 g/mol. The average Bonchev–Trinajstić information content (AvgIpc) is 2.92. The van der Waals surface area contributed by atoms with E-state index in [1.807, 2.05) is 36.1 Å². The van der Waals surface area contributed by atoms with Crippen molar-refractivity contribution in [3.05, 3.63) is 88.1 Å². The second-order valence-corrected chi connectivity index (χ2v) is 11.0. The van der Waals surface area contributed by atoms with Crippen molar-refractivity contribution in [3.63, 3.8) is 0 Å². The number of halogens is 2. The third-order valence-electron chi connectivity index (χ3n) is 8.14. The molecule has 6 rings (SSSR count). The summed E-state index contributed by atoms with van der Waals surface area (Å²) in [5.74, 6) is -0.455. The number of hydrogen-bond donors (Lipinski definition) is 1. The molecule has 2 aromatic carbocycles. The van der Waals surface area contributed by atoms with Crippen molar-refractivity contribution in [1.29, 1.82) is 0 Å². The molecule has 3 heterocycles. The summed E-state index contributed by atoms with van der Waals surface area (Å²) >= 11 is 6.73. The number of carbonyl (C=O) groups is 1. The monoisotopic (exact) mass is 573 g/mol. The van der Waals surface area contributed by atoms with Gasteiger partial charge in [-0.3, -0.25) is 4.79 Å². The zero-order valence-electron chi connectivity index (χ0n) is 22.6. The van der Waals surface area contributed by atoms with Gasteiger partial charge in [0.15, 0.2) is 5.65 Å². The summed E-state index contributed by atoms with van der Waals surface area (Å²) in [6.45, 7) is 6.81. The van der Waals surface area contributed by atoms with Crippen LogP contribution in [0, 0.1) is 5.82 Å². The molecule has 2 aromatic heterocycles. The molecule has 1 aliphatic carbocycles. The minimum absolute atomic E-state index is 0.0237. The second kappa shape index (κ2) is 10.6. The quantitative estimate of drug-likeness (QED) is 0.320. The van der Waals surface area contributed by atoms with Crippen molar-refractivity contribution in [2.75, 3.05) is 24.5 Å². The van der Waals surface area contributed by atoms with Gasteiger partial charge in [0.1, 0.15) is 17.4 Å². The molecule has 1 saturated heterocycles. The number of aromatic nitrogens is 3. The van der Waals surface area contributed by atoms with Crippen LogP contribution in [0.4, 0.5) is 10.2 Å². The molecule has 0 bridgehead atoms. The lowest BCUT2D eigenvalue weighted by Crippen LogP contribution is -2.54. The van der Waals surface area contributed by atoms with Crippen LogP contribution in [0.5, 0.6) is 5.75 Å². The van der Waals surface area contributed by atoms with Crippen molar-refractivity contribution >= 4 is 34.4 Å². The average molecular weight is 574 g/mol. The van der Waals surface area contributed by atoms with Crippen molar-refractivity contribution < 1.29 is 14.3 Å². The van der Waals surface area contributed by atoms with Crippen molar-refractivity contribution in [3.8, 4) is 22.7 Å².